The maximum absolute atomic E-state index is 12.8. The zero-order valence-corrected chi connectivity index (χ0v) is 20.8. The molecule has 4 heteroatoms. The Morgan fingerprint density at radius 2 is 1.72 bits per heavy atom. The van der Waals surface area contributed by atoms with Crippen LogP contribution in [0.3, 0.4) is 0 Å². The highest BCUT2D eigenvalue weighted by atomic mass is 16.5. The average molecular weight is 476 g/mol. The first-order valence-corrected chi connectivity index (χ1v) is 12.3. The smallest absolute Gasteiger partial charge is 0.248 e. The third-order valence-corrected chi connectivity index (χ3v) is 6.44. The number of carbonyl (C=O) groups excluding carboxylic acids is 1. The van der Waals surface area contributed by atoms with Crippen LogP contribution in [0.1, 0.15) is 31.9 Å². The zero-order chi connectivity index (χ0) is 25.1. The molecule has 0 aliphatic heterocycles. The molecule has 5 aromatic rings. The Morgan fingerprint density at radius 3 is 2.47 bits per heavy atom. The van der Waals surface area contributed by atoms with Crippen molar-refractivity contribution in [1.82, 2.24) is 0 Å². The van der Waals surface area contributed by atoms with E-state index in [1.807, 2.05) is 56.3 Å². The molecule has 0 saturated heterocycles. The van der Waals surface area contributed by atoms with E-state index in [9.17, 15) is 4.79 Å². The number of amides is 1. The largest absolute Gasteiger partial charge is 0.493 e. The Hall–Kier alpha value is -4.31. The molecular weight excluding hydrogens is 446 g/mol. The van der Waals surface area contributed by atoms with Crippen molar-refractivity contribution in [1.29, 1.82) is 0 Å². The Bertz CT molecular complexity index is 1570. The van der Waals surface area contributed by atoms with Gasteiger partial charge in [-0.3, -0.25) is 4.79 Å². The van der Waals surface area contributed by atoms with Crippen LogP contribution in [-0.2, 0) is 11.2 Å². The normalized spacial score (nSPS) is 11.7. The van der Waals surface area contributed by atoms with E-state index in [0.29, 0.717) is 12.4 Å². The minimum Gasteiger partial charge on any atom is -0.493 e. The van der Waals surface area contributed by atoms with E-state index in [1.54, 1.807) is 12.3 Å². The summed E-state index contributed by atoms with van der Waals surface area (Å²) in [6, 6.07) is 26.6. The van der Waals surface area contributed by atoms with Crippen LogP contribution in [0.2, 0.25) is 0 Å². The number of hydrogen-bond donors (Lipinski definition) is 1. The van der Waals surface area contributed by atoms with E-state index in [2.05, 4.69) is 48.6 Å². The minimum absolute atomic E-state index is 0.179. The van der Waals surface area contributed by atoms with Crippen molar-refractivity contribution in [3.8, 4) is 16.9 Å². The first kappa shape index (κ1) is 23.4. The van der Waals surface area contributed by atoms with Gasteiger partial charge in [0.2, 0.25) is 5.91 Å². The number of benzene rings is 4. The molecule has 0 spiro atoms. The Morgan fingerprint density at radius 1 is 0.944 bits per heavy atom. The predicted octanol–water partition coefficient (Wildman–Crippen LogP) is 8.26. The molecule has 180 valence electrons. The maximum Gasteiger partial charge on any atom is 0.248 e. The number of furan rings is 1. The molecule has 5 rings (SSSR count). The quantitative estimate of drug-likeness (QED) is 0.241. The summed E-state index contributed by atoms with van der Waals surface area (Å²) in [7, 11) is 0. The molecule has 0 unspecified atom stereocenters. The number of aryl methyl sites for hydroxylation is 1. The fraction of sp³-hybridized carbons (Fsp3) is 0.156. The number of nitrogens with one attached hydrogen (secondary N) is 1. The zero-order valence-electron chi connectivity index (χ0n) is 20.8. The van der Waals surface area contributed by atoms with Gasteiger partial charge in [-0.25, -0.2) is 0 Å². The number of fused-ring (bicyclic) bond motifs is 2. The van der Waals surface area contributed by atoms with Gasteiger partial charge in [0, 0.05) is 34.3 Å². The molecule has 1 aromatic heterocycles. The number of allylic oxidation sites excluding steroid dienone is 1. The van der Waals surface area contributed by atoms with Crippen LogP contribution in [0, 0.1) is 0 Å². The number of rotatable bonds is 7. The van der Waals surface area contributed by atoms with E-state index in [0.717, 1.165) is 45.3 Å². The van der Waals surface area contributed by atoms with Gasteiger partial charge in [-0.15, -0.1) is 0 Å². The first-order chi connectivity index (χ1) is 17.6. The summed E-state index contributed by atoms with van der Waals surface area (Å²) < 4.78 is 11.9. The summed E-state index contributed by atoms with van der Waals surface area (Å²) >= 11 is 0. The van der Waals surface area contributed by atoms with Crippen LogP contribution < -0.4 is 10.1 Å². The highest BCUT2D eigenvalue weighted by Gasteiger charge is 2.16. The van der Waals surface area contributed by atoms with Crippen molar-refractivity contribution < 1.29 is 13.9 Å². The van der Waals surface area contributed by atoms with Gasteiger partial charge < -0.3 is 14.5 Å². The fourth-order valence-electron chi connectivity index (χ4n) is 4.50. The van der Waals surface area contributed by atoms with Gasteiger partial charge in [-0.1, -0.05) is 55.5 Å². The SMILES string of the molecule is CCOc1cc2occ(-c3ccc4ccccc4c3)c2cc1/C(C)=C/C(=O)Nc1ccc(CC)cc1. The lowest BCUT2D eigenvalue weighted by molar-refractivity contribution is -0.111. The number of ether oxygens (including phenoxy) is 1. The monoisotopic (exact) mass is 475 g/mol. The van der Waals surface area contributed by atoms with Crippen LogP contribution >= 0.6 is 0 Å². The molecular formula is C32H29NO3. The third-order valence-electron chi connectivity index (χ3n) is 6.44. The lowest BCUT2D eigenvalue weighted by Crippen LogP contribution is -2.08. The van der Waals surface area contributed by atoms with E-state index in [-0.39, 0.29) is 5.91 Å². The summed E-state index contributed by atoms with van der Waals surface area (Å²) in [5.74, 6) is 0.513. The van der Waals surface area contributed by atoms with Crippen molar-refractivity contribution in [2.75, 3.05) is 11.9 Å². The summed E-state index contributed by atoms with van der Waals surface area (Å²) in [6.45, 7) is 6.50. The van der Waals surface area contributed by atoms with Crippen LogP contribution in [-0.4, -0.2) is 12.5 Å². The second-order valence-corrected chi connectivity index (χ2v) is 8.86. The van der Waals surface area contributed by atoms with Crippen molar-refractivity contribution >= 4 is 38.9 Å². The Kier molecular flexibility index (Phi) is 6.59. The molecule has 0 fully saturated rings. The van der Waals surface area contributed by atoms with Crippen LogP contribution in [0.4, 0.5) is 5.69 Å². The minimum atomic E-state index is -0.179. The van der Waals surface area contributed by atoms with Gasteiger partial charge in [0.05, 0.1) is 12.9 Å². The second kappa shape index (κ2) is 10.1. The van der Waals surface area contributed by atoms with Crippen molar-refractivity contribution in [3.63, 3.8) is 0 Å². The first-order valence-electron chi connectivity index (χ1n) is 12.3. The molecule has 36 heavy (non-hydrogen) atoms. The van der Waals surface area contributed by atoms with Crippen LogP contribution in [0.25, 0.3) is 38.4 Å². The number of carbonyl (C=O) groups is 1. The number of anilines is 1. The van der Waals surface area contributed by atoms with E-state index >= 15 is 0 Å². The van der Waals surface area contributed by atoms with E-state index in [4.69, 9.17) is 9.15 Å². The Labute approximate surface area is 211 Å². The van der Waals surface area contributed by atoms with Gasteiger partial charge in [-0.05, 0) is 72.0 Å². The van der Waals surface area contributed by atoms with E-state index < -0.39 is 0 Å². The molecule has 0 atom stereocenters. The van der Waals surface area contributed by atoms with Crippen molar-refractivity contribution in [2.24, 2.45) is 0 Å². The van der Waals surface area contributed by atoms with Gasteiger partial charge in [-0.2, -0.15) is 0 Å². The molecule has 0 saturated carbocycles. The van der Waals surface area contributed by atoms with Crippen LogP contribution in [0.5, 0.6) is 5.75 Å². The highest BCUT2D eigenvalue weighted by Crippen LogP contribution is 2.38. The number of hydrogen-bond acceptors (Lipinski definition) is 3. The summed E-state index contributed by atoms with van der Waals surface area (Å²) in [4.78, 5) is 12.8. The topological polar surface area (TPSA) is 51.5 Å². The lowest BCUT2D eigenvalue weighted by atomic mass is 9.97. The molecule has 0 bridgehead atoms. The van der Waals surface area contributed by atoms with Gasteiger partial charge in [0.1, 0.15) is 11.3 Å². The molecule has 1 amide bonds. The molecule has 0 aliphatic rings. The van der Waals surface area contributed by atoms with Crippen LogP contribution in [0.15, 0.2) is 95.6 Å². The van der Waals surface area contributed by atoms with Gasteiger partial charge >= 0.3 is 0 Å². The van der Waals surface area contributed by atoms with Gasteiger partial charge in [0.25, 0.3) is 0 Å². The molecule has 0 radical (unpaired) electrons. The fourth-order valence-corrected chi connectivity index (χ4v) is 4.50. The predicted molar refractivity (Wildman–Crippen MR) is 148 cm³/mol. The summed E-state index contributed by atoms with van der Waals surface area (Å²) in [5, 5.41) is 6.31. The third kappa shape index (κ3) is 4.76. The standard InChI is InChI=1S/C32H29NO3/c1-4-22-10-14-26(15-11-22)33-32(34)16-21(3)27-18-28-29(20-36-31(28)19-30(27)35-5-2)25-13-12-23-8-6-7-9-24(23)17-25/h6-20H,4-5H2,1-3H3,(H,33,34)/b21-16+. The molecule has 1 N–H and O–H groups in total. The van der Waals surface area contributed by atoms with Crippen molar-refractivity contribution in [3.05, 3.63) is 102 Å². The summed E-state index contributed by atoms with van der Waals surface area (Å²) in [5.41, 5.74) is 6.52. The van der Waals surface area contributed by atoms with Crippen molar-refractivity contribution in [2.45, 2.75) is 27.2 Å². The molecule has 4 aromatic carbocycles. The second-order valence-electron chi connectivity index (χ2n) is 8.86. The average Bonchev–Trinajstić information content (AvgIpc) is 3.31. The highest BCUT2D eigenvalue weighted by molar-refractivity contribution is 6.05. The summed E-state index contributed by atoms with van der Waals surface area (Å²) in [6.07, 6.45) is 4.37. The van der Waals surface area contributed by atoms with Gasteiger partial charge in [0.15, 0.2) is 0 Å². The lowest BCUT2D eigenvalue weighted by Gasteiger charge is -2.12. The van der Waals surface area contributed by atoms with E-state index in [1.165, 1.54) is 16.3 Å². The molecule has 0 aliphatic carbocycles. The maximum atomic E-state index is 12.8. The molecule has 4 nitrogen and oxygen atoms in total. The molecule has 1 heterocycles. The Balaban J connectivity index is 1.51.